The fourth-order valence-corrected chi connectivity index (χ4v) is 5.46. The molecule has 40 heavy (non-hydrogen) atoms. The van der Waals surface area contributed by atoms with Crippen molar-refractivity contribution >= 4 is 39.9 Å². The second-order valence-corrected chi connectivity index (χ2v) is 9.93. The lowest BCUT2D eigenvalue weighted by Crippen LogP contribution is -2.70. The van der Waals surface area contributed by atoms with Gasteiger partial charge in [-0.05, 0) is 68.2 Å². The number of ether oxygens (including phenoxy) is 1. The topological polar surface area (TPSA) is 114 Å². The molecule has 1 amide bonds. The summed E-state index contributed by atoms with van der Waals surface area (Å²) in [6, 6.07) is 13.8. The summed E-state index contributed by atoms with van der Waals surface area (Å²) in [6.07, 6.45) is 5.86. The molecule has 198 valence electrons. The van der Waals surface area contributed by atoms with Gasteiger partial charge in [-0.25, -0.2) is 24.5 Å². The van der Waals surface area contributed by atoms with Crippen molar-refractivity contribution in [3.05, 3.63) is 66.9 Å². The highest BCUT2D eigenvalue weighted by atomic mass is 16.5. The predicted octanol–water partition coefficient (Wildman–Crippen LogP) is 3.72. The molecule has 3 fully saturated rings. The number of aromatic nitrogens is 6. The fraction of sp³-hybridized carbons (Fsp3) is 0.241. The van der Waals surface area contributed by atoms with E-state index in [-0.39, 0.29) is 18.0 Å². The van der Waals surface area contributed by atoms with Gasteiger partial charge in [0.15, 0.2) is 11.5 Å². The van der Waals surface area contributed by atoms with E-state index >= 15 is 0 Å². The third kappa shape index (κ3) is 4.19. The van der Waals surface area contributed by atoms with E-state index in [0.29, 0.717) is 22.7 Å². The summed E-state index contributed by atoms with van der Waals surface area (Å²) in [5.41, 5.74) is 3.96. The Hall–Kier alpha value is -5.24. The first kappa shape index (κ1) is 23.8. The van der Waals surface area contributed by atoms with Crippen LogP contribution >= 0.6 is 0 Å². The van der Waals surface area contributed by atoms with Crippen molar-refractivity contribution in [2.45, 2.75) is 32.4 Å². The highest BCUT2D eigenvalue weighted by Crippen LogP contribution is 2.35. The Labute approximate surface area is 229 Å². The van der Waals surface area contributed by atoms with Crippen LogP contribution in [0.3, 0.4) is 0 Å². The third-order valence-corrected chi connectivity index (χ3v) is 7.37. The molecular formula is C29H25N9O2. The van der Waals surface area contributed by atoms with E-state index in [1.807, 2.05) is 60.5 Å². The van der Waals surface area contributed by atoms with Gasteiger partial charge in [-0.1, -0.05) is 5.92 Å². The number of pyridine rings is 2. The van der Waals surface area contributed by atoms with Crippen molar-refractivity contribution in [1.82, 2.24) is 34.4 Å². The van der Waals surface area contributed by atoms with Crippen LogP contribution in [0.2, 0.25) is 0 Å². The normalized spacial score (nSPS) is 17.8. The molecule has 0 spiro atoms. The Bertz CT molecular complexity index is 1830. The highest BCUT2D eigenvalue weighted by molar-refractivity contribution is 5.95. The molecule has 3 aliphatic rings. The van der Waals surface area contributed by atoms with Crippen LogP contribution in [0.15, 0.2) is 61.3 Å². The van der Waals surface area contributed by atoms with Gasteiger partial charge in [0, 0.05) is 31.0 Å². The van der Waals surface area contributed by atoms with Crippen LogP contribution in [0.25, 0.3) is 16.7 Å². The van der Waals surface area contributed by atoms with Crippen molar-refractivity contribution in [2.75, 3.05) is 23.3 Å². The van der Waals surface area contributed by atoms with Crippen molar-refractivity contribution in [2.24, 2.45) is 0 Å². The molecule has 3 aliphatic heterocycles. The zero-order chi connectivity index (χ0) is 27.2. The quantitative estimate of drug-likeness (QED) is 0.339. The molecule has 1 aromatic carbocycles. The summed E-state index contributed by atoms with van der Waals surface area (Å²) in [4.78, 5) is 34.5. The van der Waals surface area contributed by atoms with Crippen LogP contribution in [-0.2, 0) is 4.79 Å². The number of nitrogens with zero attached hydrogens (tertiary/aromatic N) is 8. The maximum Gasteiger partial charge on any atom is 0.299 e. The van der Waals surface area contributed by atoms with E-state index in [1.54, 1.807) is 11.4 Å². The minimum atomic E-state index is -0.0853. The van der Waals surface area contributed by atoms with Crippen molar-refractivity contribution in [3.8, 4) is 23.3 Å². The zero-order valence-corrected chi connectivity index (χ0v) is 21.9. The number of aryl methyl sites for hydroxylation is 1. The predicted molar refractivity (Wildman–Crippen MR) is 150 cm³/mol. The summed E-state index contributed by atoms with van der Waals surface area (Å²) in [5, 5.41) is 7.52. The molecule has 0 radical (unpaired) electrons. The van der Waals surface area contributed by atoms with E-state index in [2.05, 4.69) is 42.1 Å². The molecule has 1 N–H and O–H groups in total. The van der Waals surface area contributed by atoms with Crippen LogP contribution in [0.4, 0.5) is 17.3 Å². The number of anilines is 3. The summed E-state index contributed by atoms with van der Waals surface area (Å²) < 4.78 is 7.79. The SMILES string of the molecule is CC#CC(=O)N1C2CC1CN(c1ccc3ncnc(Nc4ccc(Oc5ccn6ncnc6c5)c(C)c4)c3n1)C2. The molecule has 11 heteroatoms. The number of carbonyl (C=O) groups excluding carboxylic acids is 1. The second kappa shape index (κ2) is 9.50. The minimum absolute atomic E-state index is 0.0853. The number of piperazine rings is 1. The van der Waals surface area contributed by atoms with Gasteiger partial charge in [0.1, 0.15) is 35.5 Å². The van der Waals surface area contributed by atoms with Crippen molar-refractivity contribution in [3.63, 3.8) is 0 Å². The molecule has 0 saturated carbocycles. The molecule has 11 nitrogen and oxygen atoms in total. The first-order chi connectivity index (χ1) is 19.6. The molecule has 4 aromatic heterocycles. The Kier molecular flexibility index (Phi) is 5.66. The Morgan fingerprint density at radius 3 is 2.75 bits per heavy atom. The highest BCUT2D eigenvalue weighted by Gasteiger charge is 2.47. The van der Waals surface area contributed by atoms with E-state index in [0.717, 1.165) is 47.8 Å². The van der Waals surface area contributed by atoms with Gasteiger partial charge in [0.25, 0.3) is 5.91 Å². The van der Waals surface area contributed by atoms with Crippen molar-refractivity contribution in [1.29, 1.82) is 0 Å². The zero-order valence-electron chi connectivity index (χ0n) is 21.9. The summed E-state index contributed by atoms with van der Waals surface area (Å²) in [5.74, 6) is 8.20. The lowest BCUT2D eigenvalue weighted by Gasteiger charge is -2.55. The number of carbonyl (C=O) groups is 1. The number of nitrogens with one attached hydrogen (secondary N) is 1. The average Bonchev–Trinajstić information content (AvgIpc) is 3.43. The van der Waals surface area contributed by atoms with Gasteiger partial charge in [0.2, 0.25) is 0 Å². The molecule has 8 rings (SSSR count). The van der Waals surface area contributed by atoms with Crippen LogP contribution in [-0.4, -0.2) is 65.5 Å². The number of piperidine rings is 1. The molecule has 7 heterocycles. The van der Waals surface area contributed by atoms with E-state index in [1.165, 1.54) is 12.7 Å². The van der Waals surface area contributed by atoms with Gasteiger partial charge in [-0.3, -0.25) is 4.79 Å². The maximum absolute atomic E-state index is 12.3. The van der Waals surface area contributed by atoms with Gasteiger partial charge < -0.3 is 19.9 Å². The number of hydrogen-bond donors (Lipinski definition) is 1. The van der Waals surface area contributed by atoms with Crippen LogP contribution in [0.1, 0.15) is 18.9 Å². The van der Waals surface area contributed by atoms with Gasteiger partial charge in [-0.2, -0.15) is 5.10 Å². The Morgan fingerprint density at radius 1 is 1.05 bits per heavy atom. The molecule has 3 saturated heterocycles. The summed E-state index contributed by atoms with van der Waals surface area (Å²) in [6.45, 7) is 5.14. The minimum Gasteiger partial charge on any atom is -0.457 e. The molecule has 2 unspecified atom stereocenters. The first-order valence-corrected chi connectivity index (χ1v) is 13.0. The smallest absolute Gasteiger partial charge is 0.299 e. The molecule has 5 aromatic rings. The number of fused-ring (bicyclic) bond motifs is 4. The summed E-state index contributed by atoms with van der Waals surface area (Å²) >= 11 is 0. The first-order valence-electron chi connectivity index (χ1n) is 13.0. The van der Waals surface area contributed by atoms with Gasteiger partial charge in [0.05, 0.1) is 17.6 Å². The Balaban J connectivity index is 1.10. The maximum atomic E-state index is 12.3. The number of benzene rings is 1. The van der Waals surface area contributed by atoms with E-state index < -0.39 is 0 Å². The van der Waals surface area contributed by atoms with E-state index in [4.69, 9.17) is 9.72 Å². The van der Waals surface area contributed by atoms with Crippen molar-refractivity contribution < 1.29 is 9.53 Å². The third-order valence-electron chi connectivity index (χ3n) is 7.37. The molecular weight excluding hydrogens is 506 g/mol. The van der Waals surface area contributed by atoms with Gasteiger partial charge >= 0.3 is 0 Å². The Morgan fingerprint density at radius 2 is 1.93 bits per heavy atom. The lowest BCUT2D eigenvalue weighted by molar-refractivity contribution is -0.139. The average molecular weight is 532 g/mol. The molecule has 2 bridgehead atoms. The lowest BCUT2D eigenvalue weighted by atomic mass is 9.87. The summed E-state index contributed by atoms with van der Waals surface area (Å²) in [7, 11) is 0. The van der Waals surface area contributed by atoms with Crippen LogP contribution in [0.5, 0.6) is 11.5 Å². The fourth-order valence-electron chi connectivity index (χ4n) is 5.46. The van der Waals surface area contributed by atoms with E-state index in [9.17, 15) is 4.79 Å². The molecule has 2 atom stereocenters. The standard InChI is InChI=1S/C29H25N9O2/c1-3-4-27(39)38-20-12-21(38)15-36(14-20)25-8-6-23-28(35-25)29(32-16-30-23)34-19-5-7-24(18(2)11-19)40-22-9-10-37-26(13-22)31-17-33-37/h5-11,13,16-17,20-21H,12,14-15H2,1-2H3,(H,30,32,34). The second-order valence-electron chi connectivity index (χ2n) is 9.93. The largest absolute Gasteiger partial charge is 0.457 e. The van der Waals surface area contributed by atoms with Crippen LogP contribution < -0.4 is 15.0 Å². The number of amides is 1. The molecule has 0 aliphatic carbocycles. The number of hydrogen-bond acceptors (Lipinski definition) is 9. The monoisotopic (exact) mass is 531 g/mol. The van der Waals surface area contributed by atoms with Gasteiger partial charge in [-0.15, -0.1) is 0 Å². The van der Waals surface area contributed by atoms with Crippen LogP contribution in [0, 0.1) is 18.8 Å². The number of rotatable bonds is 5.